The number of nitrogens with one attached hydrogen (secondary N) is 1. The Labute approximate surface area is 166 Å². The summed E-state index contributed by atoms with van der Waals surface area (Å²) in [4.78, 5) is 24.0. The van der Waals surface area contributed by atoms with Gasteiger partial charge in [0, 0.05) is 11.8 Å². The third-order valence-electron chi connectivity index (χ3n) is 3.67. The van der Waals surface area contributed by atoms with E-state index in [9.17, 15) is 14.0 Å². The highest BCUT2D eigenvalue weighted by molar-refractivity contribution is 6.32. The van der Waals surface area contributed by atoms with Gasteiger partial charge in [-0.05, 0) is 48.9 Å². The lowest BCUT2D eigenvalue weighted by molar-refractivity contribution is -0.148. The Bertz CT molecular complexity index is 900. The largest absolute Gasteiger partial charge is 0.495 e. The molecule has 0 unspecified atom stereocenters. The zero-order chi connectivity index (χ0) is 20.7. The van der Waals surface area contributed by atoms with E-state index in [2.05, 4.69) is 5.32 Å². The van der Waals surface area contributed by atoms with Crippen LogP contribution in [0.15, 0.2) is 42.5 Å². The number of hydrogen-bond acceptors (Lipinski definition) is 5. The van der Waals surface area contributed by atoms with Crippen molar-refractivity contribution in [3.63, 3.8) is 0 Å². The van der Waals surface area contributed by atoms with Gasteiger partial charge in [0.05, 0.1) is 19.2 Å². The summed E-state index contributed by atoms with van der Waals surface area (Å²) in [6.07, 6.45) is 1.43. The van der Waals surface area contributed by atoms with Crippen molar-refractivity contribution in [2.24, 2.45) is 0 Å². The van der Waals surface area contributed by atoms with Crippen LogP contribution in [0.2, 0.25) is 5.02 Å². The predicted octanol–water partition coefficient (Wildman–Crippen LogP) is 4.08. The molecule has 0 radical (unpaired) electrons. The molecule has 0 saturated carbocycles. The normalized spacial score (nSPS) is 11.8. The highest BCUT2D eigenvalue weighted by Crippen LogP contribution is 2.27. The van der Waals surface area contributed by atoms with Gasteiger partial charge in [-0.1, -0.05) is 17.7 Å². The Balaban J connectivity index is 1.93. The third kappa shape index (κ3) is 5.72. The van der Waals surface area contributed by atoms with Crippen molar-refractivity contribution < 1.29 is 28.2 Å². The van der Waals surface area contributed by atoms with Gasteiger partial charge in [-0.3, -0.25) is 4.79 Å². The van der Waals surface area contributed by atoms with Crippen LogP contribution in [0, 0.1) is 5.82 Å². The molecule has 8 heteroatoms. The SMILES string of the molecule is COc1ccc(/C=C/C(=O)O[C@@H](C)C(=O)Nc2ccc(OC)c(Cl)c2)cc1F. The van der Waals surface area contributed by atoms with E-state index >= 15 is 0 Å². The third-order valence-corrected chi connectivity index (χ3v) is 3.96. The number of carbonyl (C=O) groups excluding carboxylic acids is 2. The van der Waals surface area contributed by atoms with Crippen LogP contribution >= 0.6 is 11.6 Å². The number of amides is 1. The Morgan fingerprint density at radius 3 is 2.39 bits per heavy atom. The summed E-state index contributed by atoms with van der Waals surface area (Å²) in [7, 11) is 2.84. The van der Waals surface area contributed by atoms with E-state index in [1.165, 1.54) is 45.4 Å². The van der Waals surface area contributed by atoms with E-state index in [-0.39, 0.29) is 5.75 Å². The molecule has 1 atom stereocenters. The second-order valence-electron chi connectivity index (χ2n) is 5.65. The van der Waals surface area contributed by atoms with Gasteiger partial charge in [0.2, 0.25) is 0 Å². The summed E-state index contributed by atoms with van der Waals surface area (Å²) < 4.78 is 28.5. The number of halogens is 2. The van der Waals surface area contributed by atoms with E-state index in [0.29, 0.717) is 22.0 Å². The fraction of sp³-hybridized carbons (Fsp3) is 0.200. The number of benzene rings is 2. The van der Waals surface area contributed by atoms with Gasteiger partial charge in [-0.2, -0.15) is 0 Å². The Morgan fingerprint density at radius 1 is 1.11 bits per heavy atom. The molecule has 0 aliphatic heterocycles. The van der Waals surface area contributed by atoms with Gasteiger partial charge in [-0.25, -0.2) is 9.18 Å². The molecule has 1 N–H and O–H groups in total. The number of carbonyl (C=O) groups is 2. The first-order chi connectivity index (χ1) is 13.3. The summed E-state index contributed by atoms with van der Waals surface area (Å²) in [6, 6.07) is 8.96. The molecule has 0 aliphatic rings. The van der Waals surface area contributed by atoms with Gasteiger partial charge < -0.3 is 19.5 Å². The number of rotatable bonds is 7. The second kappa shape index (κ2) is 9.75. The van der Waals surface area contributed by atoms with Crippen molar-refractivity contribution in [3.8, 4) is 11.5 Å². The second-order valence-corrected chi connectivity index (χ2v) is 6.05. The smallest absolute Gasteiger partial charge is 0.331 e. The van der Waals surface area contributed by atoms with Crippen LogP contribution in [-0.2, 0) is 14.3 Å². The van der Waals surface area contributed by atoms with E-state index in [4.69, 9.17) is 25.8 Å². The molecule has 28 heavy (non-hydrogen) atoms. The lowest BCUT2D eigenvalue weighted by Crippen LogP contribution is -2.29. The zero-order valence-corrected chi connectivity index (χ0v) is 16.2. The van der Waals surface area contributed by atoms with Gasteiger partial charge in [0.15, 0.2) is 17.7 Å². The zero-order valence-electron chi connectivity index (χ0n) is 15.5. The van der Waals surface area contributed by atoms with Gasteiger partial charge in [0.25, 0.3) is 5.91 Å². The van der Waals surface area contributed by atoms with Gasteiger partial charge >= 0.3 is 5.97 Å². The molecule has 0 spiro atoms. The molecule has 2 aromatic carbocycles. The molecule has 2 aromatic rings. The first-order valence-corrected chi connectivity index (χ1v) is 8.58. The Hall–Kier alpha value is -3.06. The van der Waals surface area contributed by atoms with Crippen molar-refractivity contribution >= 4 is 35.2 Å². The minimum atomic E-state index is -1.05. The average Bonchev–Trinajstić information content (AvgIpc) is 2.66. The summed E-state index contributed by atoms with van der Waals surface area (Å²) in [5, 5.41) is 2.92. The standard InChI is InChI=1S/C20H19ClFNO5/c1-12(20(25)23-14-6-8-17(26-2)15(21)11-14)28-19(24)9-5-13-4-7-18(27-3)16(22)10-13/h4-12H,1-3H3,(H,23,25)/b9-5+/t12-/m0/s1. The molecule has 6 nitrogen and oxygen atoms in total. The summed E-state index contributed by atoms with van der Waals surface area (Å²) in [6.45, 7) is 1.43. The van der Waals surface area contributed by atoms with Crippen LogP contribution in [-0.4, -0.2) is 32.2 Å². The van der Waals surface area contributed by atoms with Crippen LogP contribution in [0.1, 0.15) is 12.5 Å². The molecule has 0 aliphatic carbocycles. The van der Waals surface area contributed by atoms with E-state index in [0.717, 1.165) is 6.08 Å². The maximum atomic E-state index is 13.6. The molecule has 0 aromatic heterocycles. The molecular formula is C20H19ClFNO5. The average molecular weight is 408 g/mol. The number of ether oxygens (including phenoxy) is 3. The molecule has 0 saturated heterocycles. The monoisotopic (exact) mass is 407 g/mol. The fourth-order valence-corrected chi connectivity index (χ4v) is 2.46. The van der Waals surface area contributed by atoms with E-state index in [1.54, 1.807) is 18.2 Å². The van der Waals surface area contributed by atoms with Crippen molar-refractivity contribution in [2.75, 3.05) is 19.5 Å². The first kappa shape index (κ1) is 21.2. The molecular weight excluding hydrogens is 389 g/mol. The molecule has 2 rings (SSSR count). The highest BCUT2D eigenvalue weighted by atomic mass is 35.5. The topological polar surface area (TPSA) is 73.9 Å². The number of methoxy groups -OCH3 is 2. The van der Waals surface area contributed by atoms with E-state index < -0.39 is 23.8 Å². The lowest BCUT2D eigenvalue weighted by Gasteiger charge is -2.13. The van der Waals surface area contributed by atoms with Crippen LogP contribution in [0.3, 0.4) is 0 Å². The van der Waals surface area contributed by atoms with Crippen LogP contribution < -0.4 is 14.8 Å². The Kier molecular flexibility index (Phi) is 7.40. The van der Waals surface area contributed by atoms with Crippen LogP contribution in [0.25, 0.3) is 6.08 Å². The highest BCUT2D eigenvalue weighted by Gasteiger charge is 2.17. The molecule has 0 heterocycles. The number of esters is 1. The summed E-state index contributed by atoms with van der Waals surface area (Å²) >= 11 is 6.00. The Morgan fingerprint density at radius 2 is 1.79 bits per heavy atom. The van der Waals surface area contributed by atoms with Crippen LogP contribution in [0.5, 0.6) is 11.5 Å². The van der Waals surface area contributed by atoms with Crippen molar-refractivity contribution in [2.45, 2.75) is 13.0 Å². The lowest BCUT2D eigenvalue weighted by atomic mass is 10.2. The molecule has 0 bridgehead atoms. The van der Waals surface area contributed by atoms with Gasteiger partial charge in [0.1, 0.15) is 5.75 Å². The van der Waals surface area contributed by atoms with Crippen LogP contribution in [0.4, 0.5) is 10.1 Å². The summed E-state index contributed by atoms with van der Waals surface area (Å²) in [5.41, 5.74) is 0.878. The summed E-state index contributed by atoms with van der Waals surface area (Å²) in [5.74, 6) is -1.25. The molecule has 0 fully saturated rings. The maximum absolute atomic E-state index is 13.6. The minimum Gasteiger partial charge on any atom is -0.495 e. The van der Waals surface area contributed by atoms with Crippen molar-refractivity contribution in [1.82, 2.24) is 0 Å². The minimum absolute atomic E-state index is 0.101. The van der Waals surface area contributed by atoms with Crippen molar-refractivity contribution in [3.05, 3.63) is 58.9 Å². The predicted molar refractivity (Wildman–Crippen MR) is 104 cm³/mol. The van der Waals surface area contributed by atoms with E-state index in [1.807, 2.05) is 0 Å². The maximum Gasteiger partial charge on any atom is 0.331 e. The molecule has 148 valence electrons. The fourth-order valence-electron chi connectivity index (χ4n) is 2.21. The number of anilines is 1. The van der Waals surface area contributed by atoms with Crippen molar-refractivity contribution in [1.29, 1.82) is 0 Å². The first-order valence-electron chi connectivity index (χ1n) is 8.20. The number of hydrogen-bond donors (Lipinski definition) is 1. The molecule has 1 amide bonds. The quantitative estimate of drug-likeness (QED) is 0.553. The van der Waals surface area contributed by atoms with Gasteiger partial charge in [-0.15, -0.1) is 0 Å².